The van der Waals surface area contributed by atoms with E-state index in [9.17, 15) is 9.90 Å². The maximum Gasteiger partial charge on any atom is 0.312 e. The predicted octanol–water partition coefficient (Wildman–Crippen LogP) is 5.10. The summed E-state index contributed by atoms with van der Waals surface area (Å²) in [4.78, 5) is 22.7. The summed E-state index contributed by atoms with van der Waals surface area (Å²) in [6.45, 7) is 0. The third-order valence-corrected chi connectivity index (χ3v) is 6.34. The number of rotatable bonds is 3. The van der Waals surface area contributed by atoms with E-state index >= 15 is 0 Å². The third-order valence-electron chi connectivity index (χ3n) is 6.34. The van der Waals surface area contributed by atoms with Gasteiger partial charge in [-0.1, -0.05) is 36.4 Å². The third kappa shape index (κ3) is 2.94. The van der Waals surface area contributed by atoms with Crippen LogP contribution in [-0.4, -0.2) is 35.3 Å². The van der Waals surface area contributed by atoms with Gasteiger partial charge in [-0.3, -0.25) is 4.79 Å². The van der Waals surface area contributed by atoms with Crippen molar-refractivity contribution in [2.45, 2.75) is 12.3 Å². The van der Waals surface area contributed by atoms with Crippen LogP contribution in [0.15, 0.2) is 60.7 Å². The van der Waals surface area contributed by atoms with E-state index in [0.717, 1.165) is 38.4 Å². The zero-order valence-corrected chi connectivity index (χ0v) is 18.5. The summed E-state index contributed by atoms with van der Waals surface area (Å²) in [5.41, 5.74) is 4.49. The maximum absolute atomic E-state index is 12.8. The van der Waals surface area contributed by atoms with Crippen molar-refractivity contribution < 1.29 is 24.1 Å². The molecular weight excluding hydrogens is 432 g/mol. The Bertz CT molecular complexity index is 1600. The van der Waals surface area contributed by atoms with Crippen LogP contribution in [-0.2, 0) is 4.79 Å². The molecule has 1 aromatic heterocycles. The number of esters is 1. The van der Waals surface area contributed by atoms with E-state index in [1.54, 1.807) is 12.1 Å². The SMILES string of the molecule is COc1cc([C@H]2CC(=O)Oc3c2c2nc4ccccc4nc2c2ccccc32)cc(OC)c1O. The van der Waals surface area contributed by atoms with Crippen LogP contribution in [0.1, 0.15) is 23.5 Å². The normalized spacial score (nSPS) is 15.4. The number of hydrogen-bond acceptors (Lipinski definition) is 7. The topological polar surface area (TPSA) is 90.8 Å². The first-order chi connectivity index (χ1) is 16.6. The molecule has 6 rings (SSSR count). The molecule has 7 nitrogen and oxygen atoms in total. The molecule has 168 valence electrons. The molecule has 1 atom stereocenters. The molecule has 0 fully saturated rings. The Morgan fingerprint density at radius 3 is 2.12 bits per heavy atom. The van der Waals surface area contributed by atoms with E-state index in [1.165, 1.54) is 14.2 Å². The van der Waals surface area contributed by atoms with Gasteiger partial charge in [0.2, 0.25) is 5.75 Å². The lowest BCUT2D eigenvalue weighted by molar-refractivity contribution is -0.135. The van der Waals surface area contributed by atoms with E-state index in [2.05, 4.69) is 0 Å². The molecule has 0 saturated heterocycles. The molecule has 0 spiro atoms. The molecule has 0 bridgehead atoms. The van der Waals surface area contributed by atoms with Crippen molar-refractivity contribution in [3.8, 4) is 23.0 Å². The fraction of sp³-hybridized carbons (Fsp3) is 0.148. The van der Waals surface area contributed by atoms with Crippen LogP contribution in [0.4, 0.5) is 0 Å². The molecule has 0 radical (unpaired) electrons. The number of benzene rings is 4. The van der Waals surface area contributed by atoms with Gasteiger partial charge in [-0.15, -0.1) is 0 Å². The number of ether oxygens (including phenoxy) is 3. The second kappa shape index (κ2) is 7.59. The molecule has 0 unspecified atom stereocenters. The van der Waals surface area contributed by atoms with Crippen LogP contribution in [0, 0.1) is 0 Å². The molecule has 1 N–H and O–H groups in total. The van der Waals surface area contributed by atoms with Crippen molar-refractivity contribution in [2.75, 3.05) is 14.2 Å². The minimum Gasteiger partial charge on any atom is -0.502 e. The average Bonchev–Trinajstić information content (AvgIpc) is 2.87. The van der Waals surface area contributed by atoms with E-state index in [4.69, 9.17) is 24.2 Å². The van der Waals surface area contributed by atoms with Gasteiger partial charge in [0.25, 0.3) is 0 Å². The average molecular weight is 452 g/mol. The van der Waals surface area contributed by atoms with Crippen LogP contribution < -0.4 is 14.2 Å². The van der Waals surface area contributed by atoms with Crippen molar-refractivity contribution in [3.63, 3.8) is 0 Å². The lowest BCUT2D eigenvalue weighted by Crippen LogP contribution is -2.22. The minimum absolute atomic E-state index is 0.0958. The molecule has 4 aromatic carbocycles. The van der Waals surface area contributed by atoms with Gasteiger partial charge in [-0.25, -0.2) is 9.97 Å². The zero-order chi connectivity index (χ0) is 23.4. The molecule has 0 amide bonds. The van der Waals surface area contributed by atoms with Gasteiger partial charge in [-0.2, -0.15) is 0 Å². The van der Waals surface area contributed by atoms with Crippen molar-refractivity contribution >= 4 is 38.8 Å². The zero-order valence-electron chi connectivity index (χ0n) is 18.5. The Kier molecular flexibility index (Phi) is 4.52. The molecule has 0 aliphatic carbocycles. The van der Waals surface area contributed by atoms with Crippen LogP contribution in [0.3, 0.4) is 0 Å². The Morgan fingerprint density at radius 2 is 1.47 bits per heavy atom. The highest BCUT2D eigenvalue weighted by Gasteiger charge is 2.34. The fourth-order valence-electron chi connectivity index (χ4n) is 4.77. The second-order valence-electron chi connectivity index (χ2n) is 8.20. The summed E-state index contributed by atoms with van der Waals surface area (Å²) < 4.78 is 16.6. The summed E-state index contributed by atoms with van der Waals surface area (Å²) >= 11 is 0. The second-order valence-corrected chi connectivity index (χ2v) is 8.20. The highest BCUT2D eigenvalue weighted by Crippen LogP contribution is 2.49. The molecule has 7 heteroatoms. The Hall–Kier alpha value is -4.39. The lowest BCUT2D eigenvalue weighted by Gasteiger charge is -2.28. The number of phenols is 1. The number of nitrogens with zero attached hydrogens (tertiary/aromatic N) is 2. The number of para-hydroxylation sites is 2. The van der Waals surface area contributed by atoms with Crippen LogP contribution in [0.5, 0.6) is 23.0 Å². The first-order valence-corrected chi connectivity index (χ1v) is 10.9. The summed E-state index contributed by atoms with van der Waals surface area (Å²) in [6.07, 6.45) is 0.103. The van der Waals surface area contributed by atoms with Crippen molar-refractivity contribution in [3.05, 3.63) is 71.8 Å². The number of methoxy groups -OCH3 is 2. The van der Waals surface area contributed by atoms with Crippen molar-refractivity contribution in [1.29, 1.82) is 0 Å². The van der Waals surface area contributed by atoms with Gasteiger partial charge in [0.1, 0.15) is 5.75 Å². The number of carbonyl (C=O) groups excluding carboxylic acids is 1. The van der Waals surface area contributed by atoms with E-state index < -0.39 is 5.92 Å². The lowest BCUT2D eigenvalue weighted by atomic mass is 9.83. The van der Waals surface area contributed by atoms with E-state index in [0.29, 0.717) is 11.3 Å². The van der Waals surface area contributed by atoms with Gasteiger partial charge >= 0.3 is 5.97 Å². The Morgan fingerprint density at radius 1 is 0.882 bits per heavy atom. The number of fused-ring (bicyclic) bond motifs is 7. The first kappa shape index (κ1) is 20.2. The number of carbonyl (C=O) groups is 1. The Labute approximate surface area is 194 Å². The van der Waals surface area contributed by atoms with Crippen LogP contribution >= 0.6 is 0 Å². The van der Waals surface area contributed by atoms with Crippen LogP contribution in [0.25, 0.3) is 32.8 Å². The van der Waals surface area contributed by atoms with Gasteiger partial charge in [0.15, 0.2) is 11.5 Å². The highest BCUT2D eigenvalue weighted by molar-refractivity contribution is 6.12. The molecule has 1 aliphatic rings. The number of phenolic OH excluding ortho intramolecular Hbond substituents is 1. The minimum atomic E-state index is -0.401. The Balaban J connectivity index is 1.75. The predicted molar refractivity (Wildman–Crippen MR) is 128 cm³/mol. The van der Waals surface area contributed by atoms with Crippen LogP contribution in [0.2, 0.25) is 0 Å². The first-order valence-electron chi connectivity index (χ1n) is 10.9. The van der Waals surface area contributed by atoms with E-state index in [1.807, 2.05) is 48.5 Å². The standard InChI is InChI=1S/C27H20N2O5/c1-32-20-11-14(12-21(33-2)26(20)31)17-13-22(30)34-27-16-8-4-3-7-15(16)24-25(23(17)27)29-19-10-6-5-9-18(19)28-24/h3-12,17,31H,13H2,1-2H3/t17-/m1/s1. The van der Waals surface area contributed by atoms with E-state index in [-0.39, 0.29) is 29.6 Å². The smallest absolute Gasteiger partial charge is 0.312 e. The van der Waals surface area contributed by atoms with Crippen molar-refractivity contribution in [1.82, 2.24) is 9.97 Å². The molecule has 2 heterocycles. The molecule has 1 aliphatic heterocycles. The van der Waals surface area contributed by atoms with Gasteiger partial charge < -0.3 is 19.3 Å². The summed E-state index contributed by atoms with van der Waals surface area (Å²) in [6, 6.07) is 18.9. The molecular formula is C27H20N2O5. The monoisotopic (exact) mass is 452 g/mol. The number of hydrogen-bond donors (Lipinski definition) is 1. The number of aromatic hydroxyl groups is 1. The maximum atomic E-state index is 12.8. The summed E-state index contributed by atoms with van der Waals surface area (Å²) in [5, 5.41) is 12.1. The highest BCUT2D eigenvalue weighted by atomic mass is 16.5. The van der Waals surface area contributed by atoms with Crippen molar-refractivity contribution in [2.24, 2.45) is 0 Å². The fourth-order valence-corrected chi connectivity index (χ4v) is 4.77. The van der Waals surface area contributed by atoms with Gasteiger partial charge in [0.05, 0.1) is 42.7 Å². The van der Waals surface area contributed by atoms with Gasteiger partial charge in [-0.05, 0) is 29.8 Å². The molecule has 0 saturated carbocycles. The number of aromatic nitrogens is 2. The molecule has 34 heavy (non-hydrogen) atoms. The largest absolute Gasteiger partial charge is 0.502 e. The summed E-state index contributed by atoms with van der Waals surface area (Å²) in [7, 11) is 2.95. The summed E-state index contributed by atoms with van der Waals surface area (Å²) in [5.74, 6) is 0.165. The molecule has 5 aromatic rings. The van der Waals surface area contributed by atoms with Gasteiger partial charge in [0, 0.05) is 22.3 Å². The quantitative estimate of drug-likeness (QED) is 0.176.